The zero-order chi connectivity index (χ0) is 15.1. The van der Waals surface area contributed by atoms with Gasteiger partial charge >= 0.3 is 0 Å². The molecule has 1 unspecified atom stereocenters. The molecule has 1 saturated carbocycles. The number of aliphatic hydroxyl groups is 1. The van der Waals surface area contributed by atoms with Crippen LogP contribution >= 0.6 is 0 Å². The Hall–Kier alpha value is -1.72. The first-order chi connectivity index (χ1) is 10.7. The molecule has 2 aromatic rings. The number of nitrogens with zero attached hydrogens (tertiary/aromatic N) is 3. The number of hydrogen-bond acceptors (Lipinski definition) is 3. The molecular formula is C17H20FN3O. The fraction of sp³-hybridized carbons (Fsp3) is 0.471. The number of benzene rings is 1. The lowest BCUT2D eigenvalue weighted by Crippen LogP contribution is -2.22. The standard InChI is InChI=1S/C17H20FN3O/c18-15-2-1-3-16(6-15)21-9-12(7-19-21)8-20-10-13-4-17(22)5-14(13)11-20/h1-3,6-7,9,13-14,17,22H,4-5,8,10-11H2/t13-,14+,17?. The Labute approximate surface area is 129 Å². The largest absolute Gasteiger partial charge is 0.393 e. The Kier molecular flexibility index (Phi) is 3.47. The van der Waals surface area contributed by atoms with Crippen LogP contribution in [0.4, 0.5) is 4.39 Å². The molecule has 5 heteroatoms. The molecule has 1 aliphatic heterocycles. The van der Waals surface area contributed by atoms with Gasteiger partial charge in [0.05, 0.1) is 18.0 Å². The zero-order valence-electron chi connectivity index (χ0n) is 12.4. The number of halogens is 1. The second-order valence-electron chi connectivity index (χ2n) is 6.61. The molecule has 116 valence electrons. The summed E-state index contributed by atoms with van der Waals surface area (Å²) in [6, 6.07) is 6.46. The maximum atomic E-state index is 13.3. The van der Waals surface area contributed by atoms with Gasteiger partial charge in [0.15, 0.2) is 0 Å². The molecule has 0 spiro atoms. The fourth-order valence-electron chi connectivity index (χ4n) is 3.95. The van der Waals surface area contributed by atoms with Gasteiger partial charge in [-0.1, -0.05) is 6.07 Å². The van der Waals surface area contributed by atoms with Crippen LogP contribution in [0.1, 0.15) is 18.4 Å². The molecule has 2 aliphatic rings. The summed E-state index contributed by atoms with van der Waals surface area (Å²) in [4.78, 5) is 2.44. The molecule has 0 amide bonds. The van der Waals surface area contributed by atoms with Crippen molar-refractivity contribution in [2.24, 2.45) is 11.8 Å². The first kappa shape index (κ1) is 13.9. The van der Waals surface area contributed by atoms with E-state index < -0.39 is 0 Å². The van der Waals surface area contributed by atoms with Crippen LogP contribution in [0.2, 0.25) is 0 Å². The van der Waals surface area contributed by atoms with Crippen LogP contribution in [0.5, 0.6) is 0 Å². The normalized spacial score (nSPS) is 28.2. The van der Waals surface area contributed by atoms with Crippen molar-refractivity contribution in [2.75, 3.05) is 13.1 Å². The van der Waals surface area contributed by atoms with Gasteiger partial charge in [-0.25, -0.2) is 9.07 Å². The van der Waals surface area contributed by atoms with E-state index >= 15 is 0 Å². The van der Waals surface area contributed by atoms with E-state index in [9.17, 15) is 9.50 Å². The molecule has 0 bridgehead atoms. The Balaban J connectivity index is 1.43. The lowest BCUT2D eigenvalue weighted by molar-refractivity contribution is 0.161. The summed E-state index contributed by atoms with van der Waals surface area (Å²) in [7, 11) is 0. The van der Waals surface area contributed by atoms with Crippen molar-refractivity contribution >= 4 is 0 Å². The summed E-state index contributed by atoms with van der Waals surface area (Å²) in [5, 5.41) is 14.0. The minimum atomic E-state index is -0.250. The summed E-state index contributed by atoms with van der Waals surface area (Å²) in [6.45, 7) is 3.00. The predicted molar refractivity (Wildman–Crippen MR) is 81.0 cm³/mol. The highest BCUT2D eigenvalue weighted by Crippen LogP contribution is 2.38. The molecule has 2 heterocycles. The number of fused-ring (bicyclic) bond motifs is 1. The molecule has 1 saturated heterocycles. The SMILES string of the molecule is OC1C[C@@H]2CN(Cc3cnn(-c4cccc(F)c4)c3)C[C@@H]2C1. The van der Waals surface area contributed by atoms with Crippen LogP contribution in [-0.4, -0.2) is 39.0 Å². The molecule has 4 nitrogen and oxygen atoms in total. The van der Waals surface area contributed by atoms with Gasteiger partial charge in [-0.2, -0.15) is 5.10 Å². The lowest BCUT2D eigenvalue weighted by Gasteiger charge is -2.16. The van der Waals surface area contributed by atoms with Gasteiger partial charge in [0.2, 0.25) is 0 Å². The molecule has 1 N–H and O–H groups in total. The Morgan fingerprint density at radius 2 is 2.00 bits per heavy atom. The van der Waals surface area contributed by atoms with Crippen LogP contribution in [0.3, 0.4) is 0 Å². The molecule has 4 rings (SSSR count). The van der Waals surface area contributed by atoms with Crippen molar-refractivity contribution in [3.05, 3.63) is 48.0 Å². The third-order valence-corrected chi connectivity index (χ3v) is 4.92. The van der Waals surface area contributed by atoms with E-state index in [1.165, 1.54) is 12.1 Å². The highest BCUT2D eigenvalue weighted by atomic mass is 19.1. The molecule has 1 aromatic carbocycles. The van der Waals surface area contributed by atoms with Crippen molar-refractivity contribution < 1.29 is 9.50 Å². The molecule has 2 fully saturated rings. The van der Waals surface area contributed by atoms with E-state index in [-0.39, 0.29) is 11.9 Å². The fourth-order valence-corrected chi connectivity index (χ4v) is 3.95. The summed E-state index contributed by atoms with van der Waals surface area (Å²) in [6.07, 6.45) is 5.63. The molecule has 3 atom stereocenters. The number of aliphatic hydroxyl groups excluding tert-OH is 1. The average molecular weight is 301 g/mol. The second-order valence-corrected chi connectivity index (χ2v) is 6.61. The van der Waals surface area contributed by atoms with Crippen molar-refractivity contribution in [1.82, 2.24) is 14.7 Å². The molecule has 1 aromatic heterocycles. The maximum absolute atomic E-state index is 13.3. The van der Waals surface area contributed by atoms with E-state index in [0.717, 1.165) is 43.7 Å². The Morgan fingerprint density at radius 1 is 1.23 bits per heavy atom. The zero-order valence-corrected chi connectivity index (χ0v) is 12.4. The topological polar surface area (TPSA) is 41.3 Å². The van der Waals surface area contributed by atoms with E-state index in [2.05, 4.69) is 10.00 Å². The molecule has 0 radical (unpaired) electrons. The lowest BCUT2D eigenvalue weighted by atomic mass is 10.0. The van der Waals surface area contributed by atoms with Crippen LogP contribution in [0, 0.1) is 17.7 Å². The van der Waals surface area contributed by atoms with Gasteiger partial charge in [0, 0.05) is 31.4 Å². The monoisotopic (exact) mass is 301 g/mol. The van der Waals surface area contributed by atoms with Crippen LogP contribution < -0.4 is 0 Å². The average Bonchev–Trinajstić information content (AvgIpc) is 3.14. The van der Waals surface area contributed by atoms with Crippen molar-refractivity contribution in [3.8, 4) is 5.69 Å². The van der Waals surface area contributed by atoms with Gasteiger partial charge in [-0.3, -0.25) is 4.90 Å². The van der Waals surface area contributed by atoms with Gasteiger partial charge in [-0.15, -0.1) is 0 Å². The minimum absolute atomic E-state index is 0.0899. The van der Waals surface area contributed by atoms with Gasteiger partial charge in [-0.05, 0) is 42.9 Å². The molecular weight excluding hydrogens is 281 g/mol. The van der Waals surface area contributed by atoms with E-state index in [1.807, 2.05) is 18.5 Å². The van der Waals surface area contributed by atoms with Crippen LogP contribution in [-0.2, 0) is 6.54 Å². The highest BCUT2D eigenvalue weighted by molar-refractivity contribution is 5.31. The van der Waals surface area contributed by atoms with Crippen molar-refractivity contribution in [3.63, 3.8) is 0 Å². The highest BCUT2D eigenvalue weighted by Gasteiger charge is 2.39. The van der Waals surface area contributed by atoms with Crippen LogP contribution in [0.25, 0.3) is 5.69 Å². The van der Waals surface area contributed by atoms with E-state index in [4.69, 9.17) is 0 Å². The third kappa shape index (κ3) is 2.66. The summed E-state index contributed by atoms with van der Waals surface area (Å²) >= 11 is 0. The predicted octanol–water partition coefficient (Wildman–Crippen LogP) is 2.21. The minimum Gasteiger partial charge on any atom is -0.393 e. The van der Waals surface area contributed by atoms with Crippen molar-refractivity contribution in [1.29, 1.82) is 0 Å². The molecule has 22 heavy (non-hydrogen) atoms. The first-order valence-corrected chi connectivity index (χ1v) is 7.87. The quantitative estimate of drug-likeness (QED) is 0.945. The van der Waals surface area contributed by atoms with Gasteiger partial charge < -0.3 is 5.11 Å². The molecule has 1 aliphatic carbocycles. The maximum Gasteiger partial charge on any atom is 0.125 e. The second kappa shape index (κ2) is 5.48. The summed E-state index contributed by atoms with van der Waals surface area (Å²) in [5.41, 5.74) is 1.89. The van der Waals surface area contributed by atoms with E-state index in [1.54, 1.807) is 10.7 Å². The number of likely N-dealkylation sites (tertiary alicyclic amines) is 1. The van der Waals surface area contributed by atoms with Crippen LogP contribution in [0.15, 0.2) is 36.7 Å². The Bertz CT molecular complexity index is 657. The van der Waals surface area contributed by atoms with Gasteiger partial charge in [0.1, 0.15) is 5.82 Å². The number of rotatable bonds is 3. The smallest absolute Gasteiger partial charge is 0.125 e. The van der Waals surface area contributed by atoms with E-state index in [0.29, 0.717) is 11.8 Å². The number of aromatic nitrogens is 2. The third-order valence-electron chi connectivity index (χ3n) is 4.92. The first-order valence-electron chi connectivity index (χ1n) is 7.87. The van der Waals surface area contributed by atoms with Gasteiger partial charge in [0.25, 0.3) is 0 Å². The Morgan fingerprint density at radius 3 is 2.73 bits per heavy atom. The van der Waals surface area contributed by atoms with Crippen molar-refractivity contribution in [2.45, 2.75) is 25.5 Å². The number of hydrogen-bond donors (Lipinski definition) is 1. The summed E-state index contributed by atoms with van der Waals surface area (Å²) < 4.78 is 15.0. The summed E-state index contributed by atoms with van der Waals surface area (Å²) in [5.74, 6) is 1.04.